The molecule has 1 aliphatic heterocycles. The molecule has 4 rings (SSSR count). The van der Waals surface area contributed by atoms with Gasteiger partial charge in [0.25, 0.3) is 0 Å². The van der Waals surface area contributed by atoms with E-state index in [1.807, 2.05) is 6.07 Å². The standard InChI is InChI=1S/C18H23N5S/c1-13-19-15(12-24-13)11-23-17-6-4-3-5-16(17)21-18(23)20-14-7-9-22(2)10-8-14/h3-6,12,14H,7-11H2,1-2H3,(H,20,21). The van der Waals surface area contributed by atoms with Gasteiger partial charge in [-0.2, -0.15) is 0 Å². The fraction of sp³-hybridized carbons (Fsp3) is 0.444. The fourth-order valence-electron chi connectivity index (χ4n) is 3.32. The molecule has 1 fully saturated rings. The molecular formula is C18H23N5S. The molecule has 126 valence electrons. The highest BCUT2D eigenvalue weighted by Gasteiger charge is 2.19. The van der Waals surface area contributed by atoms with Gasteiger partial charge in [-0.25, -0.2) is 9.97 Å². The van der Waals surface area contributed by atoms with Crippen molar-refractivity contribution < 1.29 is 0 Å². The van der Waals surface area contributed by atoms with Gasteiger partial charge in [0, 0.05) is 11.4 Å². The van der Waals surface area contributed by atoms with Crippen molar-refractivity contribution in [2.24, 2.45) is 0 Å². The lowest BCUT2D eigenvalue weighted by Gasteiger charge is -2.29. The normalized spacial score (nSPS) is 16.8. The number of hydrogen-bond acceptors (Lipinski definition) is 5. The summed E-state index contributed by atoms with van der Waals surface area (Å²) in [6.45, 7) is 5.10. The topological polar surface area (TPSA) is 46.0 Å². The summed E-state index contributed by atoms with van der Waals surface area (Å²) in [6.07, 6.45) is 2.32. The second-order valence-corrected chi connectivity index (χ2v) is 7.65. The maximum Gasteiger partial charge on any atom is 0.204 e. The molecule has 0 bridgehead atoms. The van der Waals surface area contributed by atoms with Crippen LogP contribution in [0.2, 0.25) is 0 Å². The number of likely N-dealkylation sites (tertiary alicyclic amines) is 1. The minimum Gasteiger partial charge on any atom is -0.353 e. The van der Waals surface area contributed by atoms with Crippen molar-refractivity contribution in [3.05, 3.63) is 40.3 Å². The number of anilines is 1. The van der Waals surface area contributed by atoms with Gasteiger partial charge in [-0.15, -0.1) is 11.3 Å². The molecule has 1 saturated heterocycles. The first kappa shape index (κ1) is 15.6. The Bertz CT molecular complexity index is 829. The second-order valence-electron chi connectivity index (χ2n) is 6.59. The first-order valence-corrected chi connectivity index (χ1v) is 9.38. The van der Waals surface area contributed by atoms with Gasteiger partial charge in [-0.3, -0.25) is 0 Å². The Morgan fingerprint density at radius 1 is 1.21 bits per heavy atom. The lowest BCUT2D eigenvalue weighted by molar-refractivity contribution is 0.263. The van der Waals surface area contributed by atoms with Crippen LogP contribution in [0.1, 0.15) is 23.5 Å². The van der Waals surface area contributed by atoms with E-state index in [-0.39, 0.29) is 0 Å². The zero-order chi connectivity index (χ0) is 16.5. The molecule has 0 radical (unpaired) electrons. The molecule has 0 saturated carbocycles. The van der Waals surface area contributed by atoms with Crippen molar-refractivity contribution in [2.45, 2.75) is 32.4 Å². The summed E-state index contributed by atoms with van der Waals surface area (Å²) in [7, 11) is 2.19. The number of nitrogens with zero attached hydrogens (tertiary/aromatic N) is 4. The average molecular weight is 341 g/mol. The molecule has 1 N–H and O–H groups in total. The van der Waals surface area contributed by atoms with Crippen LogP contribution in [0.15, 0.2) is 29.6 Å². The van der Waals surface area contributed by atoms with E-state index in [4.69, 9.17) is 4.98 Å². The van der Waals surface area contributed by atoms with Crippen molar-refractivity contribution in [1.82, 2.24) is 19.4 Å². The lowest BCUT2D eigenvalue weighted by atomic mass is 10.1. The number of para-hydroxylation sites is 2. The Kier molecular flexibility index (Phi) is 4.24. The molecule has 24 heavy (non-hydrogen) atoms. The summed E-state index contributed by atoms with van der Waals surface area (Å²) in [5, 5.41) is 6.94. The Labute approximate surface area is 146 Å². The minimum absolute atomic E-state index is 0.494. The van der Waals surface area contributed by atoms with Gasteiger partial charge in [-0.1, -0.05) is 12.1 Å². The number of nitrogens with one attached hydrogen (secondary N) is 1. The van der Waals surface area contributed by atoms with E-state index in [1.165, 1.54) is 5.52 Å². The van der Waals surface area contributed by atoms with Crippen molar-refractivity contribution >= 4 is 28.3 Å². The maximum atomic E-state index is 4.84. The van der Waals surface area contributed by atoms with E-state index in [0.717, 1.165) is 54.6 Å². The second kappa shape index (κ2) is 6.53. The van der Waals surface area contributed by atoms with Crippen LogP contribution in [0.25, 0.3) is 11.0 Å². The van der Waals surface area contributed by atoms with Crippen LogP contribution >= 0.6 is 11.3 Å². The Morgan fingerprint density at radius 3 is 2.75 bits per heavy atom. The third-order valence-electron chi connectivity index (χ3n) is 4.69. The molecule has 3 heterocycles. The number of rotatable bonds is 4. The molecule has 0 atom stereocenters. The maximum absolute atomic E-state index is 4.84. The van der Waals surface area contributed by atoms with Gasteiger partial charge in [0.15, 0.2) is 0 Å². The predicted molar refractivity (Wildman–Crippen MR) is 99.8 cm³/mol. The number of aryl methyl sites for hydroxylation is 1. The number of benzene rings is 1. The van der Waals surface area contributed by atoms with Crippen LogP contribution in [0, 0.1) is 6.92 Å². The van der Waals surface area contributed by atoms with Gasteiger partial charge in [0.2, 0.25) is 5.95 Å². The molecule has 2 aromatic heterocycles. The summed E-state index contributed by atoms with van der Waals surface area (Å²) in [4.78, 5) is 11.9. The number of thiazole rings is 1. The molecule has 1 aliphatic rings. The first-order valence-electron chi connectivity index (χ1n) is 8.50. The lowest BCUT2D eigenvalue weighted by Crippen LogP contribution is -2.37. The Hall–Kier alpha value is -1.92. The van der Waals surface area contributed by atoms with Crippen molar-refractivity contribution in [2.75, 3.05) is 25.5 Å². The monoisotopic (exact) mass is 341 g/mol. The number of imidazole rings is 1. The van der Waals surface area contributed by atoms with Gasteiger partial charge >= 0.3 is 0 Å². The summed E-state index contributed by atoms with van der Waals surface area (Å²) in [5.41, 5.74) is 3.31. The Balaban J connectivity index is 1.64. The van der Waals surface area contributed by atoms with Gasteiger partial charge < -0.3 is 14.8 Å². The molecular weight excluding hydrogens is 318 g/mol. The zero-order valence-electron chi connectivity index (χ0n) is 14.2. The van der Waals surface area contributed by atoms with E-state index in [2.05, 4.69) is 57.3 Å². The van der Waals surface area contributed by atoms with E-state index < -0.39 is 0 Å². The van der Waals surface area contributed by atoms with Gasteiger partial charge in [-0.05, 0) is 52.0 Å². The van der Waals surface area contributed by atoms with E-state index in [9.17, 15) is 0 Å². The van der Waals surface area contributed by atoms with E-state index in [0.29, 0.717) is 6.04 Å². The molecule has 1 aromatic carbocycles. The van der Waals surface area contributed by atoms with Crippen molar-refractivity contribution in [3.8, 4) is 0 Å². The molecule has 3 aromatic rings. The zero-order valence-corrected chi connectivity index (χ0v) is 15.0. The van der Waals surface area contributed by atoms with Gasteiger partial charge in [0.1, 0.15) is 0 Å². The third kappa shape index (κ3) is 3.16. The summed E-state index contributed by atoms with van der Waals surface area (Å²) in [5.74, 6) is 0.969. The highest BCUT2D eigenvalue weighted by molar-refractivity contribution is 7.09. The quantitative estimate of drug-likeness (QED) is 0.790. The number of aromatic nitrogens is 3. The highest BCUT2D eigenvalue weighted by atomic mass is 32.1. The van der Waals surface area contributed by atoms with Crippen molar-refractivity contribution in [3.63, 3.8) is 0 Å². The van der Waals surface area contributed by atoms with Crippen LogP contribution < -0.4 is 5.32 Å². The number of hydrogen-bond donors (Lipinski definition) is 1. The van der Waals surface area contributed by atoms with Crippen LogP contribution in [0.4, 0.5) is 5.95 Å². The predicted octanol–water partition coefficient (Wildman–Crippen LogP) is 3.36. The van der Waals surface area contributed by atoms with E-state index in [1.54, 1.807) is 11.3 Å². The highest BCUT2D eigenvalue weighted by Crippen LogP contribution is 2.24. The number of fused-ring (bicyclic) bond motifs is 1. The van der Waals surface area contributed by atoms with Crippen molar-refractivity contribution in [1.29, 1.82) is 0 Å². The van der Waals surface area contributed by atoms with Crippen LogP contribution in [-0.2, 0) is 6.54 Å². The van der Waals surface area contributed by atoms with E-state index >= 15 is 0 Å². The first-order chi connectivity index (χ1) is 11.7. The largest absolute Gasteiger partial charge is 0.353 e. The Morgan fingerprint density at radius 2 is 2.00 bits per heavy atom. The molecule has 0 spiro atoms. The third-order valence-corrected chi connectivity index (χ3v) is 5.52. The van der Waals surface area contributed by atoms with Crippen LogP contribution in [0.3, 0.4) is 0 Å². The fourth-order valence-corrected chi connectivity index (χ4v) is 3.93. The smallest absolute Gasteiger partial charge is 0.204 e. The van der Waals surface area contributed by atoms with Gasteiger partial charge in [0.05, 0.1) is 28.3 Å². The van der Waals surface area contributed by atoms with Crippen LogP contribution in [0.5, 0.6) is 0 Å². The summed E-state index contributed by atoms with van der Waals surface area (Å²) >= 11 is 1.70. The molecule has 0 unspecified atom stereocenters. The molecule has 0 amide bonds. The summed E-state index contributed by atoms with van der Waals surface area (Å²) < 4.78 is 2.27. The minimum atomic E-state index is 0.494. The SMILES string of the molecule is Cc1nc(Cn2c(NC3CCN(C)CC3)nc3ccccc32)cs1. The average Bonchev–Trinajstić information content (AvgIpc) is 3.14. The molecule has 6 heteroatoms. The molecule has 5 nitrogen and oxygen atoms in total. The number of piperidine rings is 1. The molecule has 0 aliphatic carbocycles. The summed E-state index contributed by atoms with van der Waals surface area (Å²) in [6, 6.07) is 8.84. The van der Waals surface area contributed by atoms with Crippen LogP contribution in [-0.4, -0.2) is 45.6 Å².